The summed E-state index contributed by atoms with van der Waals surface area (Å²) in [7, 11) is 0. The van der Waals surface area contributed by atoms with Crippen LogP contribution in [-0.4, -0.2) is 40.1 Å². The molecule has 0 saturated heterocycles. The maximum atomic E-state index is 13.5. The summed E-state index contributed by atoms with van der Waals surface area (Å²) >= 11 is 0. The van der Waals surface area contributed by atoms with Crippen molar-refractivity contribution in [3.8, 4) is 0 Å². The van der Waals surface area contributed by atoms with Gasteiger partial charge in [0.15, 0.2) is 0 Å². The largest absolute Gasteiger partial charge is 0.444 e. The van der Waals surface area contributed by atoms with E-state index in [0.717, 1.165) is 45.1 Å². The fourth-order valence-electron chi connectivity index (χ4n) is 5.66. The third-order valence-electron chi connectivity index (χ3n) is 7.20. The first-order chi connectivity index (χ1) is 16.1. The number of carbonyl (C=O) groups excluding carboxylic acids is 2. The zero-order valence-corrected chi connectivity index (χ0v) is 21.4. The van der Waals surface area contributed by atoms with Crippen molar-refractivity contribution < 1.29 is 14.3 Å². The summed E-state index contributed by atoms with van der Waals surface area (Å²) in [5, 5.41) is 4.30. The number of H-pyrrole nitrogens is 1. The number of aromatic nitrogens is 1. The lowest BCUT2D eigenvalue weighted by Gasteiger charge is -2.38. The van der Waals surface area contributed by atoms with Gasteiger partial charge in [-0.05, 0) is 82.8 Å². The van der Waals surface area contributed by atoms with Gasteiger partial charge in [0, 0.05) is 35.6 Å². The lowest BCUT2D eigenvalue weighted by atomic mass is 9.83. The molecular formula is C28H41N3O3. The molecule has 1 fully saturated rings. The molecule has 2 amide bonds. The minimum Gasteiger partial charge on any atom is -0.444 e. The number of para-hydroxylation sites is 1. The summed E-state index contributed by atoms with van der Waals surface area (Å²) in [6, 6.07) is 8.75. The predicted molar refractivity (Wildman–Crippen MR) is 136 cm³/mol. The van der Waals surface area contributed by atoms with Crippen molar-refractivity contribution in [2.75, 3.05) is 6.54 Å². The summed E-state index contributed by atoms with van der Waals surface area (Å²) in [6.45, 7) is 10.9. The van der Waals surface area contributed by atoms with Crippen LogP contribution >= 0.6 is 0 Å². The second-order valence-corrected chi connectivity index (χ2v) is 11.6. The normalized spacial score (nSPS) is 23.1. The van der Waals surface area contributed by atoms with Crippen LogP contribution in [0.4, 0.5) is 4.79 Å². The number of benzene rings is 1. The van der Waals surface area contributed by atoms with E-state index >= 15 is 0 Å². The Bertz CT molecular complexity index is 1010. The summed E-state index contributed by atoms with van der Waals surface area (Å²) in [4.78, 5) is 31.4. The second kappa shape index (κ2) is 10.0. The van der Waals surface area contributed by atoms with E-state index in [4.69, 9.17) is 4.74 Å². The van der Waals surface area contributed by atoms with Gasteiger partial charge in [0.1, 0.15) is 5.60 Å². The number of alkyl carbamates (subject to hydrolysis) is 1. The van der Waals surface area contributed by atoms with E-state index in [1.807, 2.05) is 20.8 Å². The van der Waals surface area contributed by atoms with Crippen LogP contribution in [0.1, 0.15) is 90.4 Å². The van der Waals surface area contributed by atoms with Gasteiger partial charge in [-0.25, -0.2) is 4.79 Å². The van der Waals surface area contributed by atoms with Gasteiger partial charge >= 0.3 is 6.09 Å². The zero-order valence-electron chi connectivity index (χ0n) is 21.4. The topological polar surface area (TPSA) is 74.4 Å². The first-order valence-electron chi connectivity index (χ1n) is 13.0. The maximum Gasteiger partial charge on any atom is 0.407 e. The number of nitrogens with one attached hydrogen (secondary N) is 2. The molecule has 2 N–H and O–H groups in total. The van der Waals surface area contributed by atoms with E-state index in [9.17, 15) is 9.59 Å². The third-order valence-corrected chi connectivity index (χ3v) is 7.20. The third kappa shape index (κ3) is 5.76. The van der Waals surface area contributed by atoms with Crippen molar-refractivity contribution in [3.63, 3.8) is 0 Å². The smallest absolute Gasteiger partial charge is 0.407 e. The SMILES string of the molecule is CC(C)CC1c2[nH]c3ccccc3c2CCN1C(=O)C[C@H]1CC[C@H](NC(=O)OC(C)(C)C)CC1. The molecule has 186 valence electrons. The van der Waals surface area contributed by atoms with Gasteiger partial charge < -0.3 is 19.9 Å². The number of carbonyl (C=O) groups is 2. The molecule has 2 heterocycles. The number of rotatable bonds is 5. The van der Waals surface area contributed by atoms with Crippen molar-refractivity contribution in [2.45, 2.75) is 97.2 Å². The van der Waals surface area contributed by atoms with Gasteiger partial charge in [-0.1, -0.05) is 32.0 Å². The molecule has 1 aromatic carbocycles. The van der Waals surface area contributed by atoms with Crippen molar-refractivity contribution in [2.24, 2.45) is 11.8 Å². The number of amides is 2. The number of aromatic amines is 1. The van der Waals surface area contributed by atoms with Crippen LogP contribution in [0.25, 0.3) is 10.9 Å². The molecule has 6 nitrogen and oxygen atoms in total. The summed E-state index contributed by atoms with van der Waals surface area (Å²) < 4.78 is 5.39. The van der Waals surface area contributed by atoms with Gasteiger partial charge in [0.2, 0.25) is 5.91 Å². The first kappa shape index (κ1) is 24.6. The molecule has 6 heteroatoms. The highest BCUT2D eigenvalue weighted by molar-refractivity contribution is 5.86. The molecule has 1 atom stereocenters. The minimum absolute atomic E-state index is 0.119. The van der Waals surface area contributed by atoms with E-state index in [-0.39, 0.29) is 24.1 Å². The van der Waals surface area contributed by atoms with Gasteiger partial charge in [-0.2, -0.15) is 0 Å². The minimum atomic E-state index is -0.487. The van der Waals surface area contributed by atoms with E-state index in [1.165, 1.54) is 22.2 Å². The highest BCUT2D eigenvalue weighted by atomic mass is 16.6. The Morgan fingerprint density at radius 1 is 1.15 bits per heavy atom. The van der Waals surface area contributed by atoms with Gasteiger partial charge in [0.05, 0.1) is 6.04 Å². The first-order valence-corrected chi connectivity index (χ1v) is 13.0. The molecule has 0 spiro atoms. The lowest BCUT2D eigenvalue weighted by Crippen LogP contribution is -2.43. The number of hydrogen-bond donors (Lipinski definition) is 2. The highest BCUT2D eigenvalue weighted by Gasteiger charge is 2.35. The van der Waals surface area contributed by atoms with Gasteiger partial charge in [-0.15, -0.1) is 0 Å². The number of fused-ring (bicyclic) bond motifs is 3. The van der Waals surface area contributed by atoms with Crippen LogP contribution in [0.15, 0.2) is 24.3 Å². The van der Waals surface area contributed by atoms with Crippen LogP contribution in [-0.2, 0) is 16.0 Å². The Hall–Kier alpha value is -2.50. The average Bonchev–Trinajstić information content (AvgIpc) is 3.13. The highest BCUT2D eigenvalue weighted by Crippen LogP contribution is 2.39. The van der Waals surface area contributed by atoms with E-state index in [2.05, 4.69) is 53.3 Å². The molecule has 2 aromatic rings. The molecular weight excluding hydrogens is 426 g/mol. The van der Waals surface area contributed by atoms with E-state index in [1.54, 1.807) is 0 Å². The molecule has 0 radical (unpaired) electrons. The van der Waals surface area contributed by atoms with Crippen LogP contribution < -0.4 is 5.32 Å². The quantitative estimate of drug-likeness (QED) is 0.557. The van der Waals surface area contributed by atoms with Crippen molar-refractivity contribution >= 4 is 22.9 Å². The van der Waals surface area contributed by atoms with Crippen molar-refractivity contribution in [1.29, 1.82) is 0 Å². The van der Waals surface area contributed by atoms with E-state index < -0.39 is 5.60 Å². The van der Waals surface area contributed by atoms with Gasteiger partial charge in [0.25, 0.3) is 0 Å². The predicted octanol–water partition coefficient (Wildman–Crippen LogP) is 6.11. The van der Waals surface area contributed by atoms with Gasteiger partial charge in [-0.3, -0.25) is 4.79 Å². The monoisotopic (exact) mass is 467 g/mol. The maximum absolute atomic E-state index is 13.5. The fourth-order valence-corrected chi connectivity index (χ4v) is 5.66. The van der Waals surface area contributed by atoms with Crippen LogP contribution in [0.5, 0.6) is 0 Å². The summed E-state index contributed by atoms with van der Waals surface area (Å²) in [5.41, 5.74) is 3.31. The van der Waals surface area contributed by atoms with Crippen molar-refractivity contribution in [1.82, 2.24) is 15.2 Å². The molecule has 1 aromatic heterocycles. The summed E-state index contributed by atoms with van der Waals surface area (Å²) in [6.07, 6.45) is 5.87. The molecule has 2 aliphatic rings. The molecule has 1 aliphatic carbocycles. The van der Waals surface area contributed by atoms with Crippen molar-refractivity contribution in [3.05, 3.63) is 35.5 Å². The van der Waals surface area contributed by atoms with Crippen LogP contribution in [0, 0.1) is 11.8 Å². The Balaban J connectivity index is 1.37. The number of nitrogens with zero attached hydrogens (tertiary/aromatic N) is 1. The average molecular weight is 468 g/mol. The Kier molecular flexibility index (Phi) is 7.25. The lowest BCUT2D eigenvalue weighted by molar-refractivity contribution is -0.136. The Morgan fingerprint density at radius 3 is 2.53 bits per heavy atom. The van der Waals surface area contributed by atoms with Crippen LogP contribution in [0.3, 0.4) is 0 Å². The fraction of sp³-hybridized carbons (Fsp3) is 0.643. The van der Waals surface area contributed by atoms with E-state index in [0.29, 0.717) is 18.3 Å². The zero-order chi connectivity index (χ0) is 24.5. The molecule has 0 bridgehead atoms. The van der Waals surface area contributed by atoms with Crippen LogP contribution in [0.2, 0.25) is 0 Å². The molecule has 4 rings (SSSR count). The molecule has 1 saturated carbocycles. The number of ether oxygens (including phenoxy) is 1. The summed E-state index contributed by atoms with van der Waals surface area (Å²) in [5.74, 6) is 1.17. The Labute approximate surface area is 203 Å². The Morgan fingerprint density at radius 2 is 1.85 bits per heavy atom. The number of hydrogen-bond acceptors (Lipinski definition) is 3. The second-order valence-electron chi connectivity index (χ2n) is 11.6. The standard InChI is InChI=1S/C28H41N3O3/c1-18(2)16-24-26-22(21-8-6-7-9-23(21)30-26)14-15-31(24)25(32)17-19-10-12-20(13-11-19)29-27(33)34-28(3,4)5/h6-9,18-20,24,30H,10-17H2,1-5H3,(H,29,33)/t19-,20-,24?. The molecule has 1 unspecified atom stereocenters. The molecule has 34 heavy (non-hydrogen) atoms. The molecule has 1 aliphatic heterocycles.